The van der Waals surface area contributed by atoms with Gasteiger partial charge in [-0.1, -0.05) is 20.8 Å². The minimum atomic E-state index is -0.117. The van der Waals surface area contributed by atoms with E-state index in [1.807, 2.05) is 4.90 Å². The number of ether oxygens (including phenoxy) is 1. The molecule has 0 radical (unpaired) electrons. The van der Waals surface area contributed by atoms with Gasteiger partial charge in [0.2, 0.25) is 5.91 Å². The van der Waals surface area contributed by atoms with Gasteiger partial charge in [-0.15, -0.1) is 0 Å². The maximum atomic E-state index is 12.1. The van der Waals surface area contributed by atoms with Crippen LogP contribution in [0.2, 0.25) is 0 Å². The molecular formula is C19H36N2O3. The summed E-state index contributed by atoms with van der Waals surface area (Å²) in [6.07, 6.45) is 5.30. The Morgan fingerprint density at radius 3 is 2.33 bits per heavy atom. The number of amides is 1. The molecule has 0 bridgehead atoms. The molecule has 1 unspecified atom stereocenters. The Labute approximate surface area is 147 Å². The topological polar surface area (TPSA) is 49.9 Å². The van der Waals surface area contributed by atoms with Crippen LogP contribution in [0.1, 0.15) is 59.3 Å². The van der Waals surface area contributed by atoms with Crippen LogP contribution in [0, 0.1) is 11.8 Å². The van der Waals surface area contributed by atoms with Crippen molar-refractivity contribution in [3.8, 4) is 0 Å². The second kappa shape index (κ2) is 10.7. The van der Waals surface area contributed by atoms with Gasteiger partial charge in [-0.3, -0.25) is 9.59 Å². The third kappa shape index (κ3) is 7.65. The highest BCUT2D eigenvalue weighted by molar-refractivity contribution is 5.76. The van der Waals surface area contributed by atoms with E-state index in [-0.39, 0.29) is 5.97 Å². The van der Waals surface area contributed by atoms with E-state index < -0.39 is 0 Å². The molecule has 1 amide bonds. The van der Waals surface area contributed by atoms with Crippen molar-refractivity contribution in [3.05, 3.63) is 0 Å². The number of esters is 1. The number of methoxy groups -OCH3 is 1. The molecular weight excluding hydrogens is 304 g/mol. The second-order valence-electron chi connectivity index (χ2n) is 7.70. The fourth-order valence-corrected chi connectivity index (χ4v) is 3.25. The van der Waals surface area contributed by atoms with Gasteiger partial charge in [-0.2, -0.15) is 0 Å². The molecule has 5 heteroatoms. The second-order valence-corrected chi connectivity index (χ2v) is 7.70. The number of carbonyl (C=O) groups is 2. The molecule has 1 atom stereocenters. The Balaban J connectivity index is 2.24. The van der Waals surface area contributed by atoms with Crippen LogP contribution in [0.25, 0.3) is 0 Å². The number of nitrogens with zero attached hydrogens (tertiary/aromatic N) is 2. The van der Waals surface area contributed by atoms with Crippen molar-refractivity contribution in [1.29, 1.82) is 0 Å². The van der Waals surface area contributed by atoms with Gasteiger partial charge in [0.1, 0.15) is 0 Å². The molecule has 0 aromatic carbocycles. The quantitative estimate of drug-likeness (QED) is 0.606. The Hall–Kier alpha value is -1.10. The lowest BCUT2D eigenvalue weighted by atomic mass is 9.99. The van der Waals surface area contributed by atoms with E-state index in [0.717, 1.165) is 45.3 Å². The van der Waals surface area contributed by atoms with E-state index in [1.165, 1.54) is 7.11 Å². The van der Waals surface area contributed by atoms with Crippen LogP contribution in [-0.4, -0.2) is 61.5 Å². The van der Waals surface area contributed by atoms with Crippen molar-refractivity contribution in [2.45, 2.75) is 65.3 Å². The molecule has 24 heavy (non-hydrogen) atoms. The van der Waals surface area contributed by atoms with E-state index in [0.29, 0.717) is 36.6 Å². The van der Waals surface area contributed by atoms with Gasteiger partial charge in [-0.05, 0) is 51.1 Å². The third-order valence-corrected chi connectivity index (χ3v) is 5.07. The smallest absolute Gasteiger partial charge is 0.305 e. The standard InChI is InChI=1S/C19H36N2O3/c1-15(2)14-18(22)21-12-9-17(10-13-21)20(4)11-8-16(3)6-7-19(23)24-5/h15-17H,6-14H2,1-5H3. The van der Waals surface area contributed by atoms with Crippen LogP contribution < -0.4 is 0 Å². The number of carbonyl (C=O) groups excluding carboxylic acids is 2. The summed E-state index contributed by atoms with van der Waals surface area (Å²) in [7, 11) is 3.63. The van der Waals surface area contributed by atoms with Crippen molar-refractivity contribution in [3.63, 3.8) is 0 Å². The average Bonchev–Trinajstić information content (AvgIpc) is 2.56. The van der Waals surface area contributed by atoms with Crippen LogP contribution in [-0.2, 0) is 14.3 Å². The number of rotatable bonds is 9. The molecule has 0 aromatic heterocycles. The first-order chi connectivity index (χ1) is 11.3. The molecule has 0 N–H and O–H groups in total. The van der Waals surface area contributed by atoms with Gasteiger partial charge in [0.05, 0.1) is 7.11 Å². The summed E-state index contributed by atoms with van der Waals surface area (Å²) < 4.78 is 4.69. The fraction of sp³-hybridized carbons (Fsp3) is 0.895. The molecule has 1 saturated heterocycles. The lowest BCUT2D eigenvalue weighted by Gasteiger charge is -2.37. The number of likely N-dealkylation sites (tertiary alicyclic amines) is 1. The highest BCUT2D eigenvalue weighted by Gasteiger charge is 2.25. The van der Waals surface area contributed by atoms with Gasteiger partial charge in [0, 0.05) is 32.0 Å². The Morgan fingerprint density at radius 2 is 1.79 bits per heavy atom. The average molecular weight is 341 g/mol. The third-order valence-electron chi connectivity index (χ3n) is 5.07. The highest BCUT2D eigenvalue weighted by atomic mass is 16.5. The first kappa shape index (κ1) is 20.9. The molecule has 0 aliphatic carbocycles. The van der Waals surface area contributed by atoms with E-state index in [4.69, 9.17) is 4.74 Å². The van der Waals surface area contributed by atoms with Gasteiger partial charge in [0.25, 0.3) is 0 Å². The predicted molar refractivity (Wildman–Crippen MR) is 96.7 cm³/mol. The van der Waals surface area contributed by atoms with Crippen LogP contribution in [0.4, 0.5) is 0 Å². The lowest BCUT2D eigenvalue weighted by Crippen LogP contribution is -2.46. The number of hydrogen-bond donors (Lipinski definition) is 0. The summed E-state index contributed by atoms with van der Waals surface area (Å²) in [5.41, 5.74) is 0. The zero-order chi connectivity index (χ0) is 18.1. The summed E-state index contributed by atoms with van der Waals surface area (Å²) >= 11 is 0. The van der Waals surface area contributed by atoms with E-state index in [2.05, 4.69) is 32.7 Å². The molecule has 0 saturated carbocycles. The molecule has 5 nitrogen and oxygen atoms in total. The Morgan fingerprint density at radius 1 is 1.17 bits per heavy atom. The van der Waals surface area contributed by atoms with Crippen LogP contribution in [0.3, 0.4) is 0 Å². The summed E-state index contributed by atoms with van der Waals surface area (Å²) in [5.74, 6) is 1.15. The van der Waals surface area contributed by atoms with Crippen molar-refractivity contribution in [1.82, 2.24) is 9.80 Å². The molecule has 1 heterocycles. The van der Waals surface area contributed by atoms with Gasteiger partial charge in [0.15, 0.2) is 0 Å². The molecule has 1 aliphatic rings. The molecule has 0 spiro atoms. The number of hydrogen-bond acceptors (Lipinski definition) is 4. The van der Waals surface area contributed by atoms with Crippen molar-refractivity contribution < 1.29 is 14.3 Å². The van der Waals surface area contributed by atoms with Gasteiger partial charge >= 0.3 is 5.97 Å². The molecule has 140 valence electrons. The molecule has 1 rings (SSSR count). The zero-order valence-electron chi connectivity index (χ0n) is 16.2. The zero-order valence-corrected chi connectivity index (χ0v) is 16.2. The lowest BCUT2D eigenvalue weighted by molar-refractivity contribution is -0.141. The Bertz CT molecular complexity index is 390. The van der Waals surface area contributed by atoms with E-state index >= 15 is 0 Å². The SMILES string of the molecule is COC(=O)CCC(C)CCN(C)C1CCN(C(=O)CC(C)C)CC1. The monoisotopic (exact) mass is 340 g/mol. The molecule has 1 aliphatic heterocycles. The summed E-state index contributed by atoms with van der Waals surface area (Å²) in [6, 6.07) is 0.570. The first-order valence-corrected chi connectivity index (χ1v) is 9.38. The minimum absolute atomic E-state index is 0.117. The minimum Gasteiger partial charge on any atom is -0.469 e. The van der Waals surface area contributed by atoms with Crippen LogP contribution >= 0.6 is 0 Å². The van der Waals surface area contributed by atoms with E-state index in [9.17, 15) is 9.59 Å². The molecule has 1 fully saturated rings. The van der Waals surface area contributed by atoms with Crippen molar-refractivity contribution in [2.24, 2.45) is 11.8 Å². The maximum absolute atomic E-state index is 12.1. The summed E-state index contributed by atoms with van der Waals surface area (Å²) in [5, 5.41) is 0. The summed E-state index contributed by atoms with van der Waals surface area (Å²) in [4.78, 5) is 27.8. The van der Waals surface area contributed by atoms with Gasteiger partial charge in [-0.25, -0.2) is 0 Å². The van der Waals surface area contributed by atoms with Crippen molar-refractivity contribution in [2.75, 3.05) is 33.8 Å². The normalized spacial score (nSPS) is 17.4. The fourth-order valence-electron chi connectivity index (χ4n) is 3.25. The van der Waals surface area contributed by atoms with Gasteiger partial charge < -0.3 is 14.5 Å². The largest absolute Gasteiger partial charge is 0.469 e. The van der Waals surface area contributed by atoms with Crippen LogP contribution in [0.15, 0.2) is 0 Å². The highest BCUT2D eigenvalue weighted by Crippen LogP contribution is 2.19. The van der Waals surface area contributed by atoms with Crippen molar-refractivity contribution >= 4 is 11.9 Å². The first-order valence-electron chi connectivity index (χ1n) is 9.38. The predicted octanol–water partition coefficient (Wildman–Crippen LogP) is 2.93. The summed E-state index contributed by atoms with van der Waals surface area (Å²) in [6.45, 7) is 9.22. The van der Waals surface area contributed by atoms with Crippen LogP contribution in [0.5, 0.6) is 0 Å². The maximum Gasteiger partial charge on any atom is 0.305 e. The Kier molecular flexibility index (Phi) is 9.34. The number of piperidine rings is 1. The molecule has 0 aromatic rings. The van der Waals surface area contributed by atoms with E-state index in [1.54, 1.807) is 0 Å².